The van der Waals surface area contributed by atoms with Crippen LogP contribution in [0.1, 0.15) is 98.3 Å². The third kappa shape index (κ3) is 9.58. The zero-order chi connectivity index (χ0) is 41.7. The Balaban J connectivity index is 1.02. The first-order valence-electron chi connectivity index (χ1n) is 20.9. The van der Waals surface area contributed by atoms with Crippen molar-refractivity contribution >= 4 is 52.6 Å². The number of carbonyl (C=O) groups excluding carboxylic acids is 4. The molecule has 8 atom stereocenters. The van der Waals surface area contributed by atoms with Crippen molar-refractivity contribution in [2.75, 3.05) is 26.2 Å². The summed E-state index contributed by atoms with van der Waals surface area (Å²) < 4.78 is 42.4. The summed E-state index contributed by atoms with van der Waals surface area (Å²) in [4.78, 5) is 58.8. The first kappa shape index (κ1) is 42.5. The molecule has 3 aliphatic heterocycles. The predicted octanol–water partition coefficient (Wildman–Crippen LogP) is 8.61. The van der Waals surface area contributed by atoms with Crippen LogP contribution in [0.15, 0.2) is 84.9 Å². The Hall–Kier alpha value is -4.58. The minimum Gasteiger partial charge on any atom is -0.465 e. The molecule has 3 saturated heterocycles. The molecule has 0 spiro atoms. The second-order valence-electron chi connectivity index (χ2n) is 16.2. The lowest BCUT2D eigenvalue weighted by molar-refractivity contribution is -0.148. The molecule has 0 saturated carbocycles. The first-order valence-corrected chi connectivity index (χ1v) is 23.4. The van der Waals surface area contributed by atoms with E-state index < -0.39 is 37.4 Å². The lowest BCUT2D eigenvalue weighted by Crippen LogP contribution is -2.53. The highest BCUT2D eigenvalue weighted by Gasteiger charge is 2.47. The van der Waals surface area contributed by atoms with E-state index >= 15 is 4.39 Å². The van der Waals surface area contributed by atoms with Crippen LogP contribution in [0.4, 0.5) is 4.39 Å². The van der Waals surface area contributed by atoms with Crippen molar-refractivity contribution in [3.8, 4) is 5.75 Å². The van der Waals surface area contributed by atoms with Crippen molar-refractivity contribution in [2.45, 2.75) is 95.7 Å². The molecule has 7 rings (SSSR count). The molecule has 3 aromatic carbocycles. The lowest BCUT2D eigenvalue weighted by atomic mass is 9.90. The summed E-state index contributed by atoms with van der Waals surface area (Å²) in [5.74, 6) is -2.98. The lowest BCUT2D eigenvalue weighted by Gasteiger charge is -2.36. The van der Waals surface area contributed by atoms with Crippen molar-refractivity contribution in [3.63, 3.8) is 0 Å². The van der Waals surface area contributed by atoms with Crippen molar-refractivity contribution in [1.82, 2.24) is 20.2 Å². The molecular weight excluding hydrogens is 791 g/mol. The number of likely N-dealkylation sites (tertiary alicyclic amines) is 1. The summed E-state index contributed by atoms with van der Waals surface area (Å²) in [5, 5.41) is 6.15. The topological polar surface area (TPSA) is 134 Å². The fourth-order valence-corrected chi connectivity index (χ4v) is 11.6. The second kappa shape index (κ2) is 18.8. The van der Waals surface area contributed by atoms with Crippen LogP contribution >= 0.6 is 18.9 Å². The van der Waals surface area contributed by atoms with Gasteiger partial charge in [-0.05, 0) is 91.8 Å². The number of ether oxygens (including phenoxy) is 1. The van der Waals surface area contributed by atoms with Crippen LogP contribution in [-0.2, 0) is 23.7 Å². The van der Waals surface area contributed by atoms with Crippen molar-refractivity contribution < 1.29 is 37.4 Å². The van der Waals surface area contributed by atoms with Gasteiger partial charge in [-0.2, -0.15) is 0 Å². The number of hydrogen-bond acceptors (Lipinski definition) is 8. The summed E-state index contributed by atoms with van der Waals surface area (Å²) >= 11 is 1.23. The summed E-state index contributed by atoms with van der Waals surface area (Å²) in [5.41, 5.74) is 1.28. The van der Waals surface area contributed by atoms with Crippen LogP contribution in [-0.4, -0.2) is 77.9 Å². The van der Waals surface area contributed by atoms with E-state index in [1.54, 1.807) is 42.5 Å². The molecular formula is C45H54FN4O7PS. The molecule has 4 heterocycles. The maximum Gasteiger partial charge on any atom is 0.355 e. The maximum absolute atomic E-state index is 16.5. The van der Waals surface area contributed by atoms with E-state index in [0.717, 1.165) is 25.7 Å². The van der Waals surface area contributed by atoms with Gasteiger partial charge in [-0.25, -0.2) is 9.48 Å². The van der Waals surface area contributed by atoms with Gasteiger partial charge in [0.05, 0.1) is 17.4 Å². The van der Waals surface area contributed by atoms with Crippen LogP contribution in [0.25, 0.3) is 10.1 Å². The molecule has 1 aromatic heterocycles. The average Bonchev–Trinajstić information content (AvgIpc) is 3.98. The van der Waals surface area contributed by atoms with E-state index in [9.17, 15) is 23.7 Å². The van der Waals surface area contributed by atoms with Gasteiger partial charge in [-0.1, -0.05) is 81.3 Å². The number of esters is 1. The molecule has 0 bridgehead atoms. The molecule has 59 heavy (non-hydrogen) atoms. The fraction of sp³-hybridized carbons (Fsp3) is 0.467. The Labute approximate surface area is 349 Å². The highest BCUT2D eigenvalue weighted by Crippen LogP contribution is 2.58. The second-order valence-corrected chi connectivity index (χ2v) is 19.4. The van der Waals surface area contributed by atoms with Gasteiger partial charge in [0.2, 0.25) is 17.7 Å². The third-order valence-corrected chi connectivity index (χ3v) is 15.1. The van der Waals surface area contributed by atoms with E-state index in [-0.39, 0.29) is 54.1 Å². The van der Waals surface area contributed by atoms with Crippen molar-refractivity contribution in [2.24, 2.45) is 11.8 Å². The highest BCUT2D eigenvalue weighted by molar-refractivity contribution is 7.57. The Kier molecular flexibility index (Phi) is 13.5. The van der Waals surface area contributed by atoms with Crippen LogP contribution in [0.3, 0.4) is 0 Å². The molecule has 0 aliphatic carbocycles. The number of hydrogen-bond donors (Lipinski definition) is 2. The monoisotopic (exact) mass is 844 g/mol. The number of halogens is 1. The number of rotatable bonds is 14. The standard InChI is InChI=1S/C45H54FN4O7PS/c1-4-23-56-45(54)30(3)48-58(55,57-36-17-9-6-10-18-36)41(46)32-19-22-39-34(24-32)25-40(59-39)42(51)47-26-33-15-11-12-16-35-20-21-38(50(35)43(33)52)44(53)49-27-29(2)37(28-49)31-13-7-5-8-14-31/h5-10,13-14,17-19,22,24-25,29-30,33,35,37-38,41H,4,11-12,15-16,20-21,23,26-28H2,1-3H3,(H,47,51)(H,48,55)/t29-,30-,33?,35-,37-,38-,41?,58?/m0/s1. The van der Waals surface area contributed by atoms with E-state index in [4.69, 9.17) is 9.26 Å². The molecule has 4 aromatic rings. The minimum atomic E-state index is -4.42. The Morgan fingerprint density at radius 3 is 2.42 bits per heavy atom. The first-order chi connectivity index (χ1) is 28.5. The Morgan fingerprint density at radius 1 is 0.949 bits per heavy atom. The zero-order valence-electron chi connectivity index (χ0n) is 33.9. The minimum absolute atomic E-state index is 0.0118. The van der Waals surface area contributed by atoms with Gasteiger partial charge in [-0.3, -0.25) is 23.7 Å². The third-order valence-electron chi connectivity index (χ3n) is 11.9. The number of fused-ring (bicyclic) bond motifs is 2. The largest absolute Gasteiger partial charge is 0.465 e. The van der Waals surface area contributed by atoms with Gasteiger partial charge in [-0.15, -0.1) is 11.3 Å². The summed E-state index contributed by atoms with van der Waals surface area (Å²) in [7, 11) is -4.42. The molecule has 314 valence electrons. The molecule has 3 unspecified atom stereocenters. The Bertz CT molecular complexity index is 2170. The number of thiophene rings is 1. The van der Waals surface area contributed by atoms with Crippen LogP contribution in [0, 0.1) is 11.8 Å². The maximum atomic E-state index is 16.5. The molecule has 3 aliphatic rings. The van der Waals surface area contributed by atoms with E-state index in [1.807, 2.05) is 34.9 Å². The molecule has 14 heteroatoms. The fourth-order valence-electron chi connectivity index (χ4n) is 8.78. The number of nitrogens with zero attached hydrogens (tertiary/aromatic N) is 2. The van der Waals surface area contributed by atoms with E-state index in [0.29, 0.717) is 53.2 Å². The molecule has 3 fully saturated rings. The van der Waals surface area contributed by atoms with Gasteiger partial charge in [0.25, 0.3) is 5.91 Å². The van der Waals surface area contributed by atoms with Gasteiger partial charge < -0.3 is 24.4 Å². The van der Waals surface area contributed by atoms with Gasteiger partial charge in [0.15, 0.2) is 0 Å². The predicted molar refractivity (Wildman–Crippen MR) is 227 cm³/mol. The number of nitrogens with one attached hydrogen (secondary N) is 2. The van der Waals surface area contributed by atoms with E-state index in [1.165, 1.54) is 36.0 Å². The number of amides is 3. The van der Waals surface area contributed by atoms with Crippen molar-refractivity contribution in [3.05, 3.63) is 101 Å². The summed E-state index contributed by atoms with van der Waals surface area (Å²) in [6.07, 6.45) is 5.33. The number of carbonyl (C=O) groups is 4. The summed E-state index contributed by atoms with van der Waals surface area (Å²) in [6, 6.07) is 23.2. The average molecular weight is 845 g/mol. The smallest absolute Gasteiger partial charge is 0.355 e. The normalized spacial score (nSPS) is 24.1. The van der Waals surface area contributed by atoms with Crippen molar-refractivity contribution in [1.29, 1.82) is 0 Å². The van der Waals surface area contributed by atoms with Gasteiger partial charge >= 0.3 is 13.5 Å². The molecule has 2 N–H and O–H groups in total. The van der Waals surface area contributed by atoms with E-state index in [2.05, 4.69) is 29.5 Å². The van der Waals surface area contributed by atoms with Gasteiger partial charge in [0, 0.05) is 36.3 Å². The molecule has 11 nitrogen and oxygen atoms in total. The van der Waals surface area contributed by atoms with Crippen LogP contribution in [0.5, 0.6) is 5.75 Å². The number of para-hydroxylation sites is 1. The number of benzene rings is 3. The quantitative estimate of drug-likeness (QED) is 0.0953. The summed E-state index contributed by atoms with van der Waals surface area (Å²) in [6.45, 7) is 7.09. The van der Waals surface area contributed by atoms with Crippen LogP contribution < -0.4 is 14.9 Å². The number of alkyl halides is 1. The zero-order valence-corrected chi connectivity index (χ0v) is 35.6. The van der Waals surface area contributed by atoms with Gasteiger partial charge in [0.1, 0.15) is 17.8 Å². The molecule has 3 amide bonds. The van der Waals surface area contributed by atoms with Crippen LogP contribution in [0.2, 0.25) is 0 Å². The molecule has 0 radical (unpaired) electrons. The Morgan fingerprint density at radius 2 is 1.68 bits per heavy atom. The highest BCUT2D eigenvalue weighted by atomic mass is 32.1. The SMILES string of the molecule is CCCOC(=O)[C@H](C)NP(=O)(Oc1ccccc1)C(F)c1ccc2sc(C(=O)NCC3CCCC[C@H]4CC[C@@H](C(=O)N5C[C@H](c6ccccc6)[C@@H](C)C5)N4C3=O)cc2c1.